The predicted molar refractivity (Wildman–Crippen MR) is 77.4 cm³/mol. The third-order valence-electron chi connectivity index (χ3n) is 2.91. The molecule has 104 valence electrons. The standard InChI is InChI=1S/C16H29NO/c1-2-3-4-5-6-7-8-9-10-11-12-15-18-16-13-14-17/h9-10H,2-8,11-13,15-16H2,1H3/b10-9+. The number of hydrogen-bond acceptors (Lipinski definition) is 2. The van der Waals surface area contributed by atoms with Crippen molar-refractivity contribution < 1.29 is 4.74 Å². The summed E-state index contributed by atoms with van der Waals surface area (Å²) < 4.78 is 5.30. The molecule has 0 saturated heterocycles. The van der Waals surface area contributed by atoms with Crippen molar-refractivity contribution in [2.75, 3.05) is 13.2 Å². The Kier molecular flexibility index (Phi) is 15.5. The molecule has 0 fully saturated rings. The fourth-order valence-corrected chi connectivity index (χ4v) is 1.80. The third-order valence-corrected chi connectivity index (χ3v) is 2.91. The lowest BCUT2D eigenvalue weighted by molar-refractivity contribution is 0.138. The molecule has 0 radical (unpaired) electrons. The van der Waals surface area contributed by atoms with Crippen LogP contribution in [0.5, 0.6) is 0 Å². The van der Waals surface area contributed by atoms with Gasteiger partial charge in [-0.25, -0.2) is 0 Å². The highest BCUT2D eigenvalue weighted by molar-refractivity contribution is 4.81. The van der Waals surface area contributed by atoms with Gasteiger partial charge in [-0.2, -0.15) is 5.26 Å². The van der Waals surface area contributed by atoms with Gasteiger partial charge in [0, 0.05) is 6.61 Å². The summed E-state index contributed by atoms with van der Waals surface area (Å²) in [5, 5.41) is 8.32. The molecule has 2 heteroatoms. The van der Waals surface area contributed by atoms with E-state index in [9.17, 15) is 0 Å². The van der Waals surface area contributed by atoms with Crippen molar-refractivity contribution in [3.63, 3.8) is 0 Å². The number of rotatable bonds is 13. The molecule has 0 heterocycles. The molecule has 0 aromatic rings. The highest BCUT2D eigenvalue weighted by atomic mass is 16.5. The molecule has 0 aliphatic rings. The Labute approximate surface area is 113 Å². The van der Waals surface area contributed by atoms with E-state index in [4.69, 9.17) is 10.00 Å². The minimum Gasteiger partial charge on any atom is -0.380 e. The summed E-state index contributed by atoms with van der Waals surface area (Å²) in [5.74, 6) is 0. The maximum atomic E-state index is 8.32. The summed E-state index contributed by atoms with van der Waals surface area (Å²) in [4.78, 5) is 0. The second kappa shape index (κ2) is 16.2. The van der Waals surface area contributed by atoms with Gasteiger partial charge in [-0.05, 0) is 25.7 Å². The van der Waals surface area contributed by atoms with E-state index in [1.807, 2.05) is 0 Å². The van der Waals surface area contributed by atoms with E-state index in [0.717, 1.165) is 19.4 Å². The van der Waals surface area contributed by atoms with Crippen LogP contribution in [-0.2, 0) is 4.74 Å². The minimum atomic E-state index is 0.508. The average molecular weight is 251 g/mol. The van der Waals surface area contributed by atoms with E-state index in [2.05, 4.69) is 25.1 Å². The van der Waals surface area contributed by atoms with Crippen molar-refractivity contribution >= 4 is 0 Å². The van der Waals surface area contributed by atoms with Gasteiger partial charge in [0.05, 0.1) is 19.1 Å². The molecule has 0 aliphatic carbocycles. The SMILES string of the molecule is CCCCCCCC/C=C/CCCOCCC#N. The molecule has 0 saturated carbocycles. The normalized spacial score (nSPS) is 10.9. The van der Waals surface area contributed by atoms with Gasteiger partial charge in [0.2, 0.25) is 0 Å². The highest BCUT2D eigenvalue weighted by Gasteiger charge is 1.89. The predicted octanol–water partition coefficient (Wildman–Crippen LogP) is 5.00. The van der Waals surface area contributed by atoms with Gasteiger partial charge >= 0.3 is 0 Å². The lowest BCUT2D eigenvalue weighted by Crippen LogP contribution is -1.95. The Balaban J connectivity index is 3.03. The monoisotopic (exact) mass is 251 g/mol. The molecule has 0 amide bonds. The molecule has 0 unspecified atom stereocenters. The summed E-state index contributed by atoms with van der Waals surface area (Å²) in [6, 6.07) is 2.07. The summed E-state index contributed by atoms with van der Waals surface area (Å²) in [5.41, 5.74) is 0. The van der Waals surface area contributed by atoms with Crippen molar-refractivity contribution in [1.82, 2.24) is 0 Å². The Morgan fingerprint density at radius 1 is 0.889 bits per heavy atom. The second-order valence-electron chi connectivity index (χ2n) is 4.69. The van der Waals surface area contributed by atoms with Gasteiger partial charge in [0.25, 0.3) is 0 Å². The van der Waals surface area contributed by atoms with Crippen molar-refractivity contribution in [3.05, 3.63) is 12.2 Å². The first-order valence-electron chi connectivity index (χ1n) is 7.51. The van der Waals surface area contributed by atoms with Gasteiger partial charge in [-0.1, -0.05) is 51.2 Å². The smallest absolute Gasteiger partial charge is 0.0645 e. The highest BCUT2D eigenvalue weighted by Crippen LogP contribution is 2.07. The number of ether oxygens (including phenoxy) is 1. The summed E-state index contributed by atoms with van der Waals surface area (Å²) in [7, 11) is 0. The fourth-order valence-electron chi connectivity index (χ4n) is 1.80. The quantitative estimate of drug-likeness (QED) is 0.341. The van der Waals surface area contributed by atoms with Crippen molar-refractivity contribution in [2.24, 2.45) is 0 Å². The van der Waals surface area contributed by atoms with Crippen LogP contribution in [0.2, 0.25) is 0 Å². The van der Waals surface area contributed by atoms with E-state index in [1.165, 1.54) is 44.9 Å². The van der Waals surface area contributed by atoms with Gasteiger partial charge in [-0.15, -0.1) is 0 Å². The number of hydrogen-bond donors (Lipinski definition) is 0. The molecule has 0 bridgehead atoms. The van der Waals surface area contributed by atoms with E-state index in [1.54, 1.807) is 0 Å². The second-order valence-corrected chi connectivity index (χ2v) is 4.69. The van der Waals surface area contributed by atoms with Crippen LogP contribution in [0.4, 0.5) is 0 Å². The largest absolute Gasteiger partial charge is 0.380 e. The Hall–Kier alpha value is -0.810. The molecule has 0 spiro atoms. The zero-order chi connectivity index (χ0) is 13.3. The molecule has 18 heavy (non-hydrogen) atoms. The first-order valence-corrected chi connectivity index (χ1v) is 7.51. The topological polar surface area (TPSA) is 33.0 Å². The lowest BCUT2D eigenvalue weighted by atomic mass is 10.1. The first-order chi connectivity index (χ1) is 8.91. The number of allylic oxidation sites excluding steroid dienone is 2. The van der Waals surface area contributed by atoms with Crippen LogP contribution in [0.15, 0.2) is 12.2 Å². The van der Waals surface area contributed by atoms with Crippen LogP contribution >= 0.6 is 0 Å². The van der Waals surface area contributed by atoms with E-state index in [-0.39, 0.29) is 0 Å². The minimum absolute atomic E-state index is 0.508. The van der Waals surface area contributed by atoms with Crippen LogP contribution < -0.4 is 0 Å². The van der Waals surface area contributed by atoms with Crippen molar-refractivity contribution in [3.8, 4) is 6.07 Å². The van der Waals surface area contributed by atoms with E-state index >= 15 is 0 Å². The Morgan fingerprint density at radius 2 is 1.56 bits per heavy atom. The number of unbranched alkanes of at least 4 members (excludes halogenated alkanes) is 7. The maximum absolute atomic E-state index is 8.32. The van der Waals surface area contributed by atoms with Crippen LogP contribution in [0.1, 0.15) is 71.1 Å². The molecule has 0 atom stereocenters. The van der Waals surface area contributed by atoms with Crippen molar-refractivity contribution in [1.29, 1.82) is 5.26 Å². The van der Waals surface area contributed by atoms with Crippen LogP contribution in [0.25, 0.3) is 0 Å². The van der Waals surface area contributed by atoms with Crippen molar-refractivity contribution in [2.45, 2.75) is 71.1 Å². The van der Waals surface area contributed by atoms with Gasteiger partial charge in [0.1, 0.15) is 0 Å². The average Bonchev–Trinajstić information content (AvgIpc) is 2.39. The third kappa shape index (κ3) is 15.2. The van der Waals surface area contributed by atoms with Gasteiger partial charge in [0.15, 0.2) is 0 Å². The molecule has 2 nitrogen and oxygen atoms in total. The van der Waals surface area contributed by atoms with E-state index in [0.29, 0.717) is 13.0 Å². The number of nitrogens with zero attached hydrogens (tertiary/aromatic N) is 1. The summed E-state index contributed by atoms with van der Waals surface area (Å²) >= 11 is 0. The van der Waals surface area contributed by atoms with Crippen LogP contribution in [-0.4, -0.2) is 13.2 Å². The van der Waals surface area contributed by atoms with Gasteiger partial charge < -0.3 is 4.74 Å². The first kappa shape index (κ1) is 17.2. The summed E-state index contributed by atoms with van der Waals surface area (Å²) in [6.45, 7) is 3.62. The lowest BCUT2D eigenvalue weighted by Gasteiger charge is -1.99. The molecular formula is C16H29NO. The molecule has 0 aromatic carbocycles. The van der Waals surface area contributed by atoms with E-state index < -0.39 is 0 Å². The van der Waals surface area contributed by atoms with Crippen LogP contribution in [0, 0.1) is 11.3 Å². The number of nitriles is 1. The van der Waals surface area contributed by atoms with Crippen LogP contribution in [0.3, 0.4) is 0 Å². The summed E-state index contributed by atoms with van der Waals surface area (Å²) in [6.07, 6.45) is 16.7. The fraction of sp³-hybridized carbons (Fsp3) is 0.812. The molecule has 0 N–H and O–H groups in total. The zero-order valence-corrected chi connectivity index (χ0v) is 12.0. The Bertz CT molecular complexity index is 218. The molecular weight excluding hydrogens is 222 g/mol. The van der Waals surface area contributed by atoms with Gasteiger partial charge in [-0.3, -0.25) is 0 Å². The maximum Gasteiger partial charge on any atom is 0.0645 e. The zero-order valence-electron chi connectivity index (χ0n) is 12.0. The molecule has 0 rings (SSSR count). The Morgan fingerprint density at radius 3 is 2.28 bits per heavy atom. The molecule has 0 aliphatic heterocycles. The molecule has 0 aromatic heterocycles.